The minimum absolute atomic E-state index is 0.250. The van der Waals surface area contributed by atoms with Gasteiger partial charge in [-0.15, -0.1) is 0 Å². The summed E-state index contributed by atoms with van der Waals surface area (Å²) < 4.78 is 37.9. The van der Waals surface area contributed by atoms with Crippen LogP contribution in [-0.2, 0) is 0 Å². The number of halogens is 3. The van der Waals surface area contributed by atoms with E-state index in [2.05, 4.69) is 31.0 Å². The largest absolute Gasteiger partial charge is 0.391 e. The zero-order valence-corrected chi connectivity index (χ0v) is 12.3. The Labute approximate surface area is 114 Å². The molecule has 1 heterocycles. The highest BCUT2D eigenvalue weighted by molar-refractivity contribution is 4.84. The first-order valence-electron chi connectivity index (χ1n) is 7.37. The Morgan fingerprint density at radius 2 is 1.79 bits per heavy atom. The standard InChI is InChI=1S/C14H27F3N2/c1-4-7-18-10-13(11(2)3)19-8-5-12(6-9-19)14(15,16)17/h11-13,18H,4-10H2,1-3H3. The van der Waals surface area contributed by atoms with Crippen molar-refractivity contribution in [1.29, 1.82) is 0 Å². The molecule has 1 N–H and O–H groups in total. The van der Waals surface area contributed by atoms with E-state index in [0.717, 1.165) is 19.5 Å². The van der Waals surface area contributed by atoms with Crippen LogP contribution >= 0.6 is 0 Å². The van der Waals surface area contributed by atoms with E-state index in [0.29, 0.717) is 25.0 Å². The van der Waals surface area contributed by atoms with Gasteiger partial charge in [-0.3, -0.25) is 4.90 Å². The van der Waals surface area contributed by atoms with Crippen molar-refractivity contribution in [2.75, 3.05) is 26.2 Å². The van der Waals surface area contributed by atoms with Crippen molar-refractivity contribution in [3.63, 3.8) is 0 Å². The summed E-state index contributed by atoms with van der Waals surface area (Å²) in [4.78, 5) is 2.23. The number of hydrogen-bond acceptors (Lipinski definition) is 2. The van der Waals surface area contributed by atoms with Crippen LogP contribution < -0.4 is 5.32 Å². The van der Waals surface area contributed by atoms with Gasteiger partial charge in [0.25, 0.3) is 0 Å². The molecule has 1 atom stereocenters. The lowest BCUT2D eigenvalue weighted by Gasteiger charge is -2.40. The highest BCUT2D eigenvalue weighted by Crippen LogP contribution is 2.34. The van der Waals surface area contributed by atoms with E-state index in [9.17, 15) is 13.2 Å². The van der Waals surface area contributed by atoms with Crippen LogP contribution in [0.3, 0.4) is 0 Å². The van der Waals surface area contributed by atoms with Crippen molar-refractivity contribution in [2.45, 2.75) is 52.3 Å². The van der Waals surface area contributed by atoms with E-state index >= 15 is 0 Å². The van der Waals surface area contributed by atoms with Crippen molar-refractivity contribution in [3.8, 4) is 0 Å². The molecule has 0 spiro atoms. The van der Waals surface area contributed by atoms with E-state index in [1.165, 1.54) is 0 Å². The van der Waals surface area contributed by atoms with Gasteiger partial charge in [-0.05, 0) is 44.8 Å². The van der Waals surface area contributed by atoms with E-state index in [4.69, 9.17) is 0 Å². The zero-order valence-electron chi connectivity index (χ0n) is 12.3. The molecule has 2 nitrogen and oxygen atoms in total. The van der Waals surface area contributed by atoms with Crippen LogP contribution in [-0.4, -0.2) is 43.3 Å². The topological polar surface area (TPSA) is 15.3 Å². The van der Waals surface area contributed by atoms with Crippen molar-refractivity contribution in [3.05, 3.63) is 0 Å². The maximum Gasteiger partial charge on any atom is 0.391 e. The van der Waals surface area contributed by atoms with Gasteiger partial charge in [0.15, 0.2) is 0 Å². The molecule has 1 saturated heterocycles. The van der Waals surface area contributed by atoms with Gasteiger partial charge in [-0.25, -0.2) is 0 Å². The predicted octanol–water partition coefficient (Wildman–Crippen LogP) is 3.28. The summed E-state index contributed by atoms with van der Waals surface area (Å²) in [6.07, 6.45) is -2.43. The Hall–Kier alpha value is -0.290. The number of nitrogens with zero attached hydrogens (tertiary/aromatic N) is 1. The molecule has 1 fully saturated rings. The minimum Gasteiger partial charge on any atom is -0.315 e. The molecule has 5 heteroatoms. The molecule has 0 amide bonds. The number of piperidine rings is 1. The summed E-state index contributed by atoms with van der Waals surface area (Å²) in [7, 11) is 0. The minimum atomic E-state index is -4.01. The molecule has 1 aliphatic rings. The molecule has 1 rings (SSSR count). The number of rotatable bonds is 6. The average Bonchev–Trinajstić information content (AvgIpc) is 2.33. The monoisotopic (exact) mass is 280 g/mol. The number of likely N-dealkylation sites (tertiary alicyclic amines) is 1. The molecule has 19 heavy (non-hydrogen) atoms. The molecule has 114 valence electrons. The Balaban J connectivity index is 2.45. The normalized spacial score (nSPS) is 21.0. The molecule has 0 aromatic rings. The summed E-state index contributed by atoms with van der Waals surface area (Å²) >= 11 is 0. The third-order valence-corrected chi connectivity index (χ3v) is 4.01. The fraction of sp³-hybridized carbons (Fsp3) is 1.00. The van der Waals surface area contributed by atoms with Gasteiger partial charge in [-0.2, -0.15) is 13.2 Å². The summed E-state index contributed by atoms with van der Waals surface area (Å²) in [5.41, 5.74) is 0. The zero-order chi connectivity index (χ0) is 14.5. The molecular formula is C14H27F3N2. The number of alkyl halides is 3. The van der Waals surface area contributed by atoms with E-state index in [1.807, 2.05) is 0 Å². The van der Waals surface area contributed by atoms with Crippen molar-refractivity contribution < 1.29 is 13.2 Å². The molecule has 0 aromatic carbocycles. The third-order valence-electron chi connectivity index (χ3n) is 4.01. The van der Waals surface area contributed by atoms with Gasteiger partial charge >= 0.3 is 6.18 Å². The van der Waals surface area contributed by atoms with Crippen molar-refractivity contribution in [1.82, 2.24) is 10.2 Å². The molecule has 1 unspecified atom stereocenters. The summed E-state index contributed by atoms with van der Waals surface area (Å²) in [6.45, 7) is 9.40. The van der Waals surface area contributed by atoms with Crippen LogP contribution in [0.4, 0.5) is 13.2 Å². The third kappa shape index (κ3) is 5.30. The number of nitrogens with one attached hydrogen (secondary N) is 1. The maximum absolute atomic E-state index is 12.6. The summed E-state index contributed by atoms with van der Waals surface area (Å²) in [5.74, 6) is -0.632. The SMILES string of the molecule is CCCNCC(C(C)C)N1CCC(C(F)(F)F)CC1. The Kier molecular flexibility index (Phi) is 6.60. The van der Waals surface area contributed by atoms with Crippen LogP contribution in [0.1, 0.15) is 40.0 Å². The van der Waals surface area contributed by atoms with Gasteiger partial charge < -0.3 is 5.32 Å². The predicted molar refractivity (Wildman–Crippen MR) is 72.1 cm³/mol. The van der Waals surface area contributed by atoms with Crippen molar-refractivity contribution in [2.24, 2.45) is 11.8 Å². The second-order valence-corrected chi connectivity index (χ2v) is 5.87. The Bertz CT molecular complexity index is 246. The first-order chi connectivity index (χ1) is 8.86. The van der Waals surface area contributed by atoms with Crippen LogP contribution in [0.2, 0.25) is 0 Å². The Morgan fingerprint density at radius 3 is 2.21 bits per heavy atom. The van der Waals surface area contributed by atoms with Gasteiger partial charge in [-0.1, -0.05) is 20.8 Å². The second kappa shape index (κ2) is 7.48. The first-order valence-corrected chi connectivity index (χ1v) is 7.37. The molecule has 0 aliphatic carbocycles. The highest BCUT2D eigenvalue weighted by Gasteiger charge is 2.42. The summed E-state index contributed by atoms with van der Waals surface area (Å²) in [6, 6.07) is 0.348. The average molecular weight is 280 g/mol. The van der Waals surface area contributed by atoms with Crippen LogP contribution in [0.25, 0.3) is 0 Å². The van der Waals surface area contributed by atoms with Gasteiger partial charge in [0.05, 0.1) is 5.92 Å². The smallest absolute Gasteiger partial charge is 0.315 e. The lowest BCUT2D eigenvalue weighted by molar-refractivity contribution is -0.186. The number of hydrogen-bond donors (Lipinski definition) is 1. The highest BCUT2D eigenvalue weighted by atomic mass is 19.4. The Morgan fingerprint density at radius 1 is 1.21 bits per heavy atom. The molecule has 0 radical (unpaired) electrons. The first kappa shape index (κ1) is 16.8. The molecule has 0 aromatic heterocycles. The fourth-order valence-electron chi connectivity index (χ4n) is 2.77. The lowest BCUT2D eigenvalue weighted by atomic mass is 9.92. The lowest BCUT2D eigenvalue weighted by Crippen LogP contribution is -2.50. The van der Waals surface area contributed by atoms with E-state index in [-0.39, 0.29) is 12.8 Å². The van der Waals surface area contributed by atoms with Crippen molar-refractivity contribution >= 4 is 0 Å². The van der Waals surface area contributed by atoms with Crippen LogP contribution in [0, 0.1) is 11.8 Å². The van der Waals surface area contributed by atoms with Crippen LogP contribution in [0.5, 0.6) is 0 Å². The molecule has 0 saturated carbocycles. The maximum atomic E-state index is 12.6. The molecule has 0 bridgehead atoms. The van der Waals surface area contributed by atoms with E-state index < -0.39 is 12.1 Å². The van der Waals surface area contributed by atoms with Gasteiger partial charge in [0, 0.05) is 12.6 Å². The molecular weight excluding hydrogens is 253 g/mol. The quantitative estimate of drug-likeness (QED) is 0.751. The molecule has 1 aliphatic heterocycles. The van der Waals surface area contributed by atoms with Gasteiger partial charge in [0.2, 0.25) is 0 Å². The fourth-order valence-corrected chi connectivity index (χ4v) is 2.77. The van der Waals surface area contributed by atoms with E-state index in [1.54, 1.807) is 0 Å². The van der Waals surface area contributed by atoms with Crippen LogP contribution in [0.15, 0.2) is 0 Å². The van der Waals surface area contributed by atoms with Gasteiger partial charge in [0.1, 0.15) is 0 Å². The second-order valence-electron chi connectivity index (χ2n) is 5.87. The summed E-state index contributed by atoms with van der Waals surface area (Å²) in [5, 5.41) is 3.39.